The molecule has 0 aliphatic carbocycles. The summed E-state index contributed by atoms with van der Waals surface area (Å²) in [7, 11) is 0. The van der Waals surface area contributed by atoms with E-state index in [0.29, 0.717) is 18.0 Å². The van der Waals surface area contributed by atoms with Crippen LogP contribution in [-0.2, 0) is 19.1 Å². The molecule has 0 radical (unpaired) electrons. The Morgan fingerprint density at radius 2 is 1.88 bits per heavy atom. The Hall–Kier alpha value is -2.03. The summed E-state index contributed by atoms with van der Waals surface area (Å²) < 4.78 is 16.9. The van der Waals surface area contributed by atoms with E-state index < -0.39 is 35.6 Å². The average Bonchev–Trinajstić information content (AvgIpc) is 3.38. The zero-order valence-corrected chi connectivity index (χ0v) is 21.1. The maximum atomic E-state index is 13.2. The highest BCUT2D eigenvalue weighted by atomic mass is 16.6. The number of hydrogen-bond donors (Lipinski definition) is 2. The monoisotopic (exact) mass is 477 g/mol. The lowest BCUT2D eigenvalue weighted by molar-refractivity contribution is -0.154. The number of ether oxygens (including phenoxy) is 2. The molecule has 0 bridgehead atoms. The summed E-state index contributed by atoms with van der Waals surface area (Å²) in [5, 5.41) is 21.6. The van der Waals surface area contributed by atoms with Crippen LogP contribution in [0.25, 0.3) is 6.08 Å². The van der Waals surface area contributed by atoms with E-state index >= 15 is 0 Å². The van der Waals surface area contributed by atoms with Gasteiger partial charge in [0, 0.05) is 19.3 Å². The smallest absolute Gasteiger partial charge is 0.309 e. The number of aliphatic hydroxyl groups excluding tert-OH is 2. The highest BCUT2D eigenvalue weighted by Crippen LogP contribution is 2.36. The first-order valence-electron chi connectivity index (χ1n) is 12.3. The number of aliphatic hydroxyl groups is 2. The third-order valence-electron chi connectivity index (χ3n) is 7.41. The molecule has 8 nitrogen and oxygen atoms in total. The Morgan fingerprint density at radius 1 is 1.18 bits per heavy atom. The van der Waals surface area contributed by atoms with Crippen molar-refractivity contribution in [2.75, 3.05) is 0 Å². The van der Waals surface area contributed by atoms with E-state index in [1.165, 1.54) is 0 Å². The Balaban J connectivity index is 1.81. The normalized spacial score (nSPS) is 36.0. The summed E-state index contributed by atoms with van der Waals surface area (Å²) in [6.45, 7) is 10.5. The van der Waals surface area contributed by atoms with Crippen molar-refractivity contribution in [3.8, 4) is 0 Å². The Labute approximate surface area is 201 Å². The SMILES string of the molecule is C/C(=C/c1coc(C)n1)[C@@H]1C[C@@H]2O[C@@H]2CCC[C@@H](C)[C@@H](O)[C@@H](C)C(=O)C(C)(C)[C@@H](O)CC(=O)O1. The van der Waals surface area contributed by atoms with Crippen LogP contribution in [0.1, 0.15) is 78.3 Å². The number of ketones is 1. The van der Waals surface area contributed by atoms with Crippen LogP contribution < -0.4 is 0 Å². The van der Waals surface area contributed by atoms with Crippen molar-refractivity contribution in [2.45, 2.75) is 104 Å². The molecule has 0 unspecified atom stereocenters. The van der Waals surface area contributed by atoms with Crippen molar-refractivity contribution in [1.82, 2.24) is 4.98 Å². The molecule has 2 aliphatic rings. The molecule has 3 rings (SSSR count). The summed E-state index contributed by atoms with van der Waals surface area (Å²) in [6.07, 6.45) is 3.51. The number of Topliss-reactive ketones (excluding diaryl/α,β-unsaturated/α-hetero) is 1. The minimum Gasteiger partial charge on any atom is -0.458 e. The Kier molecular flexibility index (Phi) is 8.37. The summed E-state index contributed by atoms with van der Waals surface area (Å²) in [5.41, 5.74) is 0.228. The number of oxazole rings is 1. The molecule has 8 heteroatoms. The molecule has 1 aromatic heterocycles. The zero-order chi connectivity index (χ0) is 25.2. The predicted octanol–water partition coefficient (Wildman–Crippen LogP) is 3.62. The molecule has 2 saturated heterocycles. The van der Waals surface area contributed by atoms with E-state index in [1.54, 1.807) is 34.0 Å². The molecule has 0 amide bonds. The van der Waals surface area contributed by atoms with Crippen molar-refractivity contribution in [3.05, 3.63) is 23.4 Å². The summed E-state index contributed by atoms with van der Waals surface area (Å²) >= 11 is 0. The number of rotatable bonds is 2. The first kappa shape index (κ1) is 26.6. The molecule has 2 aliphatic heterocycles. The molecule has 34 heavy (non-hydrogen) atoms. The lowest BCUT2D eigenvalue weighted by atomic mass is 9.73. The first-order valence-corrected chi connectivity index (χ1v) is 12.3. The molecule has 3 heterocycles. The van der Waals surface area contributed by atoms with Gasteiger partial charge in [-0.2, -0.15) is 0 Å². The fraction of sp³-hybridized carbons (Fsp3) is 0.731. The van der Waals surface area contributed by atoms with Crippen LogP contribution in [0.15, 0.2) is 16.3 Å². The van der Waals surface area contributed by atoms with Crippen LogP contribution in [0, 0.1) is 24.2 Å². The molecule has 0 spiro atoms. The number of esters is 1. The lowest BCUT2D eigenvalue weighted by Gasteiger charge is -2.34. The third-order valence-corrected chi connectivity index (χ3v) is 7.41. The maximum Gasteiger partial charge on any atom is 0.309 e. The van der Waals surface area contributed by atoms with Crippen LogP contribution in [0.4, 0.5) is 0 Å². The van der Waals surface area contributed by atoms with E-state index in [9.17, 15) is 19.8 Å². The zero-order valence-electron chi connectivity index (χ0n) is 21.1. The number of nitrogens with zero attached hydrogens (tertiary/aromatic N) is 1. The van der Waals surface area contributed by atoms with Crippen molar-refractivity contribution in [1.29, 1.82) is 0 Å². The number of hydrogen-bond acceptors (Lipinski definition) is 8. The molecule has 190 valence electrons. The van der Waals surface area contributed by atoms with E-state index in [1.807, 2.05) is 19.9 Å². The highest BCUT2D eigenvalue weighted by Gasteiger charge is 2.44. The van der Waals surface area contributed by atoms with Crippen molar-refractivity contribution < 1.29 is 33.7 Å². The number of fused-ring (bicyclic) bond motifs is 1. The molecule has 2 fully saturated rings. The molecule has 0 saturated carbocycles. The minimum absolute atomic E-state index is 0.0183. The summed E-state index contributed by atoms with van der Waals surface area (Å²) in [6, 6.07) is 0. The number of carbonyl (C=O) groups excluding carboxylic acids is 2. The van der Waals surface area contributed by atoms with Gasteiger partial charge in [-0.1, -0.05) is 34.1 Å². The van der Waals surface area contributed by atoms with Crippen LogP contribution in [0.2, 0.25) is 0 Å². The van der Waals surface area contributed by atoms with Gasteiger partial charge < -0.3 is 24.1 Å². The summed E-state index contributed by atoms with van der Waals surface area (Å²) in [5.74, 6) is -1.03. The number of aromatic nitrogens is 1. The minimum atomic E-state index is -1.24. The molecule has 1 aromatic rings. The summed E-state index contributed by atoms with van der Waals surface area (Å²) in [4.78, 5) is 30.3. The van der Waals surface area contributed by atoms with E-state index in [0.717, 1.165) is 24.8 Å². The first-order chi connectivity index (χ1) is 15.9. The van der Waals surface area contributed by atoms with E-state index in [-0.39, 0.29) is 30.3 Å². The fourth-order valence-electron chi connectivity index (χ4n) is 4.78. The van der Waals surface area contributed by atoms with Crippen molar-refractivity contribution in [3.63, 3.8) is 0 Å². The van der Waals surface area contributed by atoms with Crippen molar-refractivity contribution in [2.24, 2.45) is 17.3 Å². The molecular weight excluding hydrogens is 438 g/mol. The lowest BCUT2D eigenvalue weighted by Crippen LogP contribution is -2.45. The topological polar surface area (TPSA) is 122 Å². The van der Waals surface area contributed by atoms with Crippen LogP contribution in [0.3, 0.4) is 0 Å². The van der Waals surface area contributed by atoms with Gasteiger partial charge in [0.25, 0.3) is 0 Å². The standard InChI is InChI=1S/C26H39NO7/c1-14-8-7-9-19-21(33-19)11-20(15(2)10-18-13-32-17(4)27-18)34-23(29)12-22(28)26(5,6)25(31)16(3)24(14)30/h10,13-14,16,19-22,24,28,30H,7-9,11-12H2,1-6H3/b15-10-/t14-,16-,19-,20+,21+,22+,24-/m1/s1. The second-order valence-corrected chi connectivity index (χ2v) is 10.6. The maximum absolute atomic E-state index is 13.2. The van der Waals surface area contributed by atoms with Gasteiger partial charge in [-0.3, -0.25) is 9.59 Å². The van der Waals surface area contributed by atoms with Crippen LogP contribution >= 0.6 is 0 Å². The Bertz CT molecular complexity index is 905. The number of epoxide rings is 1. The van der Waals surface area contributed by atoms with E-state index in [4.69, 9.17) is 13.9 Å². The van der Waals surface area contributed by atoms with Gasteiger partial charge in [0.2, 0.25) is 0 Å². The Morgan fingerprint density at radius 3 is 2.53 bits per heavy atom. The second-order valence-electron chi connectivity index (χ2n) is 10.6. The second kappa shape index (κ2) is 10.7. The van der Waals surface area contributed by atoms with E-state index in [2.05, 4.69) is 4.98 Å². The van der Waals surface area contributed by atoms with Gasteiger partial charge in [-0.05, 0) is 37.3 Å². The molecular formula is C26H39NO7. The molecule has 7 atom stereocenters. The van der Waals surface area contributed by atoms with Gasteiger partial charge in [-0.25, -0.2) is 4.98 Å². The highest BCUT2D eigenvalue weighted by molar-refractivity contribution is 5.88. The van der Waals surface area contributed by atoms with Gasteiger partial charge in [0.05, 0.1) is 36.3 Å². The quantitative estimate of drug-likeness (QED) is 0.489. The number of cyclic esters (lactones) is 1. The third kappa shape index (κ3) is 6.34. The van der Waals surface area contributed by atoms with Crippen LogP contribution in [0.5, 0.6) is 0 Å². The molecule has 2 N–H and O–H groups in total. The van der Waals surface area contributed by atoms with Crippen molar-refractivity contribution >= 4 is 17.8 Å². The number of aryl methyl sites for hydroxylation is 1. The fourth-order valence-corrected chi connectivity index (χ4v) is 4.78. The van der Waals surface area contributed by atoms with Gasteiger partial charge in [0.15, 0.2) is 5.89 Å². The van der Waals surface area contributed by atoms with Gasteiger partial charge in [-0.15, -0.1) is 0 Å². The number of carbonyl (C=O) groups is 2. The average molecular weight is 478 g/mol. The molecule has 0 aromatic carbocycles. The largest absolute Gasteiger partial charge is 0.458 e. The van der Waals surface area contributed by atoms with Gasteiger partial charge in [0.1, 0.15) is 23.8 Å². The van der Waals surface area contributed by atoms with Crippen LogP contribution in [-0.4, -0.2) is 57.5 Å². The predicted molar refractivity (Wildman–Crippen MR) is 126 cm³/mol. The van der Waals surface area contributed by atoms with Gasteiger partial charge >= 0.3 is 5.97 Å².